The lowest BCUT2D eigenvalue weighted by molar-refractivity contribution is 0.354. The Morgan fingerprint density at radius 1 is 1.24 bits per heavy atom. The third-order valence-electron chi connectivity index (χ3n) is 3.72. The van der Waals surface area contributed by atoms with Crippen LogP contribution in [-0.4, -0.2) is 31.4 Å². The van der Waals surface area contributed by atoms with E-state index in [-0.39, 0.29) is 6.04 Å². The van der Waals surface area contributed by atoms with E-state index in [1.807, 2.05) is 32.9 Å². The van der Waals surface area contributed by atoms with Crippen molar-refractivity contribution in [2.24, 2.45) is 0 Å². The van der Waals surface area contributed by atoms with Gasteiger partial charge in [0.1, 0.15) is 0 Å². The summed E-state index contributed by atoms with van der Waals surface area (Å²) in [4.78, 5) is 0.389. The van der Waals surface area contributed by atoms with E-state index in [0.29, 0.717) is 17.5 Å². The molecule has 1 fully saturated rings. The molecule has 0 radical (unpaired) electrons. The molecule has 0 unspecified atom stereocenters. The molecule has 1 aromatic carbocycles. The molecule has 1 aliphatic carbocycles. The second kappa shape index (κ2) is 6.90. The van der Waals surface area contributed by atoms with Crippen LogP contribution < -0.4 is 5.32 Å². The van der Waals surface area contributed by atoms with Gasteiger partial charge in [-0.25, -0.2) is 8.42 Å². The molecule has 0 amide bonds. The van der Waals surface area contributed by atoms with Crippen molar-refractivity contribution >= 4 is 10.0 Å². The quantitative estimate of drug-likeness (QED) is 0.803. The van der Waals surface area contributed by atoms with Gasteiger partial charge in [-0.2, -0.15) is 4.31 Å². The molecule has 0 aliphatic heterocycles. The Kier molecular flexibility index (Phi) is 5.41. The molecule has 2 rings (SSSR count). The standard InChI is InChI=1S/C16H26N2O2S/c1-4-11-18(13(2)3)21(19,20)16-9-5-14(6-10-16)12-17-15-7-8-15/h5-6,9-10,13,15,17H,4,7-8,11-12H2,1-3H3. The Balaban J connectivity index is 2.10. The minimum absolute atomic E-state index is 0.0221. The van der Waals surface area contributed by atoms with Crippen molar-refractivity contribution in [3.63, 3.8) is 0 Å². The SMILES string of the molecule is CCCN(C(C)C)S(=O)(=O)c1ccc(CNC2CC2)cc1. The number of nitrogens with zero attached hydrogens (tertiary/aromatic N) is 1. The molecule has 0 aromatic heterocycles. The first-order chi connectivity index (χ1) is 9.95. The zero-order valence-corrected chi connectivity index (χ0v) is 14.0. The van der Waals surface area contributed by atoms with Gasteiger partial charge in [0, 0.05) is 25.2 Å². The monoisotopic (exact) mass is 310 g/mol. The lowest BCUT2D eigenvalue weighted by atomic mass is 10.2. The highest BCUT2D eigenvalue weighted by Crippen LogP contribution is 2.21. The van der Waals surface area contributed by atoms with Gasteiger partial charge < -0.3 is 5.32 Å². The zero-order chi connectivity index (χ0) is 15.5. The number of hydrogen-bond donors (Lipinski definition) is 1. The van der Waals surface area contributed by atoms with Gasteiger partial charge in [-0.15, -0.1) is 0 Å². The molecule has 1 aliphatic rings. The van der Waals surface area contributed by atoms with Gasteiger partial charge in [0.15, 0.2) is 0 Å². The average molecular weight is 310 g/mol. The second-order valence-electron chi connectivity index (χ2n) is 6.01. The number of rotatable bonds is 8. The van der Waals surface area contributed by atoms with Crippen LogP contribution in [0.15, 0.2) is 29.2 Å². The second-order valence-corrected chi connectivity index (χ2v) is 7.90. The highest BCUT2D eigenvalue weighted by atomic mass is 32.2. The van der Waals surface area contributed by atoms with E-state index in [9.17, 15) is 8.42 Å². The minimum atomic E-state index is -3.39. The molecule has 0 atom stereocenters. The number of hydrogen-bond acceptors (Lipinski definition) is 3. The number of benzene rings is 1. The predicted molar refractivity (Wildman–Crippen MR) is 85.6 cm³/mol. The third-order valence-corrected chi connectivity index (χ3v) is 5.81. The van der Waals surface area contributed by atoms with E-state index in [1.54, 1.807) is 16.4 Å². The van der Waals surface area contributed by atoms with Crippen LogP contribution in [0.5, 0.6) is 0 Å². The van der Waals surface area contributed by atoms with Crippen molar-refractivity contribution in [1.82, 2.24) is 9.62 Å². The molecule has 5 heteroatoms. The topological polar surface area (TPSA) is 49.4 Å². The van der Waals surface area contributed by atoms with Gasteiger partial charge >= 0.3 is 0 Å². The van der Waals surface area contributed by atoms with Crippen molar-refractivity contribution in [1.29, 1.82) is 0 Å². The van der Waals surface area contributed by atoms with E-state index < -0.39 is 10.0 Å². The van der Waals surface area contributed by atoms with E-state index in [0.717, 1.165) is 18.5 Å². The summed E-state index contributed by atoms with van der Waals surface area (Å²) in [7, 11) is -3.39. The lowest BCUT2D eigenvalue weighted by Gasteiger charge is -2.25. The van der Waals surface area contributed by atoms with Gasteiger partial charge in [-0.3, -0.25) is 0 Å². The highest BCUT2D eigenvalue weighted by molar-refractivity contribution is 7.89. The molecule has 0 bridgehead atoms. The zero-order valence-electron chi connectivity index (χ0n) is 13.2. The van der Waals surface area contributed by atoms with Crippen LogP contribution in [0.3, 0.4) is 0 Å². The van der Waals surface area contributed by atoms with Crippen LogP contribution in [0, 0.1) is 0 Å². The van der Waals surface area contributed by atoms with Gasteiger partial charge in [-0.05, 0) is 50.8 Å². The fraction of sp³-hybridized carbons (Fsp3) is 0.625. The first-order valence-corrected chi connectivity index (χ1v) is 9.23. The Hall–Kier alpha value is -0.910. The van der Waals surface area contributed by atoms with E-state index in [1.165, 1.54) is 12.8 Å². The first kappa shape index (κ1) is 16.5. The van der Waals surface area contributed by atoms with Gasteiger partial charge in [0.25, 0.3) is 0 Å². The van der Waals surface area contributed by atoms with Crippen LogP contribution in [0.2, 0.25) is 0 Å². The van der Waals surface area contributed by atoms with Crippen LogP contribution in [0.4, 0.5) is 0 Å². The molecule has 4 nitrogen and oxygen atoms in total. The summed E-state index contributed by atoms with van der Waals surface area (Å²) < 4.78 is 26.9. The van der Waals surface area contributed by atoms with Crippen LogP contribution in [0.25, 0.3) is 0 Å². The van der Waals surface area contributed by atoms with E-state index in [4.69, 9.17) is 0 Å². The molecule has 1 N–H and O–H groups in total. The number of sulfonamides is 1. The Morgan fingerprint density at radius 3 is 2.33 bits per heavy atom. The summed E-state index contributed by atoms with van der Waals surface area (Å²) in [5, 5.41) is 3.43. The summed E-state index contributed by atoms with van der Waals surface area (Å²) in [6.45, 7) is 7.21. The molecular formula is C16H26N2O2S. The maximum absolute atomic E-state index is 12.7. The Labute approximate surface area is 128 Å². The van der Waals surface area contributed by atoms with Crippen molar-refractivity contribution < 1.29 is 8.42 Å². The smallest absolute Gasteiger partial charge is 0.243 e. The fourth-order valence-electron chi connectivity index (χ4n) is 2.34. The van der Waals surface area contributed by atoms with Gasteiger partial charge in [0.2, 0.25) is 10.0 Å². The highest BCUT2D eigenvalue weighted by Gasteiger charge is 2.26. The molecule has 0 saturated heterocycles. The lowest BCUT2D eigenvalue weighted by Crippen LogP contribution is -2.37. The predicted octanol–water partition coefficient (Wildman–Crippen LogP) is 2.75. The maximum Gasteiger partial charge on any atom is 0.243 e. The first-order valence-electron chi connectivity index (χ1n) is 7.79. The van der Waals surface area contributed by atoms with Crippen LogP contribution >= 0.6 is 0 Å². The van der Waals surface area contributed by atoms with Crippen molar-refractivity contribution in [3.8, 4) is 0 Å². The Bertz CT molecular complexity index is 548. The van der Waals surface area contributed by atoms with Crippen LogP contribution in [-0.2, 0) is 16.6 Å². The molecule has 0 heterocycles. The molecular weight excluding hydrogens is 284 g/mol. The van der Waals surface area contributed by atoms with Gasteiger partial charge in [0.05, 0.1) is 4.90 Å². The third kappa shape index (κ3) is 4.28. The summed E-state index contributed by atoms with van der Waals surface area (Å²) >= 11 is 0. The normalized spacial score (nSPS) is 15.9. The van der Waals surface area contributed by atoms with Crippen molar-refractivity contribution in [2.75, 3.05) is 6.54 Å². The number of nitrogens with one attached hydrogen (secondary N) is 1. The van der Waals surface area contributed by atoms with Gasteiger partial charge in [-0.1, -0.05) is 19.1 Å². The molecule has 0 spiro atoms. The van der Waals surface area contributed by atoms with Crippen LogP contribution in [0.1, 0.15) is 45.6 Å². The molecule has 1 aromatic rings. The minimum Gasteiger partial charge on any atom is -0.310 e. The van der Waals surface area contributed by atoms with Crippen molar-refractivity contribution in [2.45, 2.75) is 63.6 Å². The van der Waals surface area contributed by atoms with E-state index >= 15 is 0 Å². The Morgan fingerprint density at radius 2 is 1.86 bits per heavy atom. The molecule has 21 heavy (non-hydrogen) atoms. The average Bonchev–Trinajstić information content (AvgIpc) is 3.26. The molecule has 118 valence electrons. The summed E-state index contributed by atoms with van der Waals surface area (Å²) in [6, 6.07) is 7.91. The van der Waals surface area contributed by atoms with Crippen molar-refractivity contribution in [3.05, 3.63) is 29.8 Å². The largest absolute Gasteiger partial charge is 0.310 e. The summed E-state index contributed by atoms with van der Waals surface area (Å²) in [5.74, 6) is 0. The maximum atomic E-state index is 12.7. The fourth-order valence-corrected chi connectivity index (χ4v) is 4.07. The summed E-state index contributed by atoms with van der Waals surface area (Å²) in [5.41, 5.74) is 1.13. The van der Waals surface area contributed by atoms with E-state index in [2.05, 4.69) is 5.32 Å². The summed E-state index contributed by atoms with van der Waals surface area (Å²) in [6.07, 6.45) is 3.33. The molecule has 1 saturated carbocycles.